The molecule has 2 heterocycles. The van der Waals surface area contributed by atoms with E-state index in [2.05, 4.69) is 20.5 Å². The lowest BCUT2D eigenvalue weighted by molar-refractivity contribution is -0.115. The molecule has 4 rings (SSSR count). The van der Waals surface area contributed by atoms with E-state index in [-0.39, 0.29) is 12.5 Å². The van der Waals surface area contributed by atoms with E-state index in [9.17, 15) is 4.79 Å². The van der Waals surface area contributed by atoms with Gasteiger partial charge in [0.1, 0.15) is 12.4 Å². The number of nitrogens with zero attached hydrogens (tertiary/aromatic N) is 5. The molecule has 0 fully saturated rings. The predicted molar refractivity (Wildman–Crippen MR) is 133 cm³/mol. The summed E-state index contributed by atoms with van der Waals surface area (Å²) in [5, 5.41) is 14.2. The highest BCUT2D eigenvalue weighted by Gasteiger charge is 2.22. The van der Waals surface area contributed by atoms with Gasteiger partial charge < -0.3 is 15.0 Å². The molecule has 2 aromatic carbocycles. The van der Waals surface area contributed by atoms with Crippen molar-refractivity contribution in [2.24, 2.45) is 0 Å². The monoisotopic (exact) mass is 480 g/mol. The summed E-state index contributed by atoms with van der Waals surface area (Å²) in [5.41, 5.74) is 1.95. The first-order valence-corrected chi connectivity index (χ1v) is 12.0. The number of rotatable bonds is 9. The lowest BCUT2D eigenvalue weighted by atomic mass is 10.3. The van der Waals surface area contributed by atoms with Crippen LogP contribution in [-0.2, 0) is 11.4 Å². The highest BCUT2D eigenvalue weighted by atomic mass is 32.2. The van der Waals surface area contributed by atoms with Gasteiger partial charge in [-0.05, 0) is 31.2 Å². The first-order valence-electron chi connectivity index (χ1n) is 10.3. The van der Waals surface area contributed by atoms with Crippen LogP contribution in [0.4, 0.5) is 10.8 Å². The Bertz CT molecular complexity index is 1190. The molecule has 0 radical (unpaired) electrons. The van der Waals surface area contributed by atoms with Crippen molar-refractivity contribution >= 4 is 39.8 Å². The lowest BCUT2D eigenvalue weighted by Crippen LogP contribution is -2.22. The molecule has 0 aliphatic heterocycles. The molecule has 8 nitrogen and oxygen atoms in total. The number of thioether (sulfide) groups is 1. The van der Waals surface area contributed by atoms with Crippen LogP contribution >= 0.6 is 23.1 Å². The number of carbonyl (C=O) groups is 1. The van der Waals surface area contributed by atoms with Gasteiger partial charge in [0, 0.05) is 43.1 Å². The van der Waals surface area contributed by atoms with Crippen molar-refractivity contribution in [2.45, 2.75) is 23.9 Å². The molecule has 0 aliphatic carbocycles. The Kier molecular flexibility index (Phi) is 7.26. The van der Waals surface area contributed by atoms with E-state index in [0.717, 1.165) is 17.1 Å². The minimum atomic E-state index is -0.397. The Balaban J connectivity index is 1.54. The zero-order valence-electron chi connectivity index (χ0n) is 18.5. The smallest absolute Gasteiger partial charge is 0.239 e. The molecule has 1 unspecified atom stereocenters. The lowest BCUT2D eigenvalue weighted by Gasteiger charge is -2.15. The van der Waals surface area contributed by atoms with Crippen molar-refractivity contribution < 1.29 is 9.53 Å². The fraction of sp³-hybridized carbons (Fsp3) is 0.217. The van der Waals surface area contributed by atoms with Gasteiger partial charge in [-0.2, -0.15) is 0 Å². The van der Waals surface area contributed by atoms with Crippen molar-refractivity contribution in [1.29, 1.82) is 0 Å². The summed E-state index contributed by atoms with van der Waals surface area (Å²) in [6.45, 7) is 2.07. The summed E-state index contributed by atoms with van der Waals surface area (Å²) >= 11 is 2.72. The van der Waals surface area contributed by atoms with Gasteiger partial charge in [-0.3, -0.25) is 9.36 Å². The maximum atomic E-state index is 12.6. The SMILES string of the molecule is CC(Sc1nnc(COc2cccc(N(C)C)c2)n1-c1ccccc1)C(=O)Nc1nccs1. The molecule has 1 amide bonds. The van der Waals surface area contributed by atoms with E-state index < -0.39 is 5.25 Å². The maximum absolute atomic E-state index is 12.6. The van der Waals surface area contributed by atoms with Crippen LogP contribution in [0.5, 0.6) is 5.75 Å². The van der Waals surface area contributed by atoms with E-state index in [1.54, 1.807) is 6.20 Å². The second kappa shape index (κ2) is 10.5. The molecule has 0 saturated heterocycles. The summed E-state index contributed by atoms with van der Waals surface area (Å²) in [6.07, 6.45) is 1.66. The van der Waals surface area contributed by atoms with Gasteiger partial charge >= 0.3 is 0 Å². The largest absolute Gasteiger partial charge is 0.486 e. The standard InChI is InChI=1S/C23H24N6O2S2/c1-16(21(30)25-22-24-12-13-32-22)33-23-27-26-20(29(23)17-8-5-4-6-9-17)15-31-19-11-7-10-18(14-19)28(2)3/h4-14,16H,15H2,1-3H3,(H,24,25,30). The molecule has 10 heteroatoms. The van der Waals surface area contributed by atoms with Crippen LogP contribution in [0.2, 0.25) is 0 Å². The van der Waals surface area contributed by atoms with Gasteiger partial charge in [-0.25, -0.2) is 4.98 Å². The molecule has 33 heavy (non-hydrogen) atoms. The van der Waals surface area contributed by atoms with E-state index in [1.165, 1.54) is 23.1 Å². The average molecular weight is 481 g/mol. The zero-order valence-corrected chi connectivity index (χ0v) is 20.1. The van der Waals surface area contributed by atoms with Crippen LogP contribution in [0.1, 0.15) is 12.7 Å². The van der Waals surface area contributed by atoms with Crippen LogP contribution in [0.3, 0.4) is 0 Å². The highest BCUT2D eigenvalue weighted by Crippen LogP contribution is 2.28. The Labute approximate surface area is 200 Å². The third-order valence-corrected chi connectivity index (χ3v) is 6.46. The predicted octanol–water partition coefficient (Wildman–Crippen LogP) is 4.49. The number of anilines is 2. The van der Waals surface area contributed by atoms with Crippen molar-refractivity contribution in [2.75, 3.05) is 24.3 Å². The second-order valence-electron chi connectivity index (χ2n) is 7.34. The van der Waals surface area contributed by atoms with Crippen LogP contribution in [-0.4, -0.2) is 45.0 Å². The number of ether oxygens (including phenoxy) is 1. The molecule has 0 bridgehead atoms. The number of benzene rings is 2. The summed E-state index contributed by atoms with van der Waals surface area (Å²) in [4.78, 5) is 18.7. The zero-order chi connectivity index (χ0) is 23.2. The van der Waals surface area contributed by atoms with Crippen molar-refractivity contribution in [3.63, 3.8) is 0 Å². The van der Waals surface area contributed by atoms with Gasteiger partial charge in [0.2, 0.25) is 5.91 Å². The third-order valence-electron chi connectivity index (χ3n) is 4.73. The number of thiazole rings is 1. The topological polar surface area (TPSA) is 85.2 Å². The van der Waals surface area contributed by atoms with Crippen molar-refractivity contribution in [3.05, 3.63) is 72.0 Å². The minimum Gasteiger partial charge on any atom is -0.486 e. The number of carbonyl (C=O) groups excluding carboxylic acids is 1. The van der Waals surface area contributed by atoms with Crippen LogP contribution < -0.4 is 15.0 Å². The maximum Gasteiger partial charge on any atom is 0.239 e. The average Bonchev–Trinajstić information content (AvgIpc) is 3.48. The first kappa shape index (κ1) is 22.8. The first-order chi connectivity index (χ1) is 16.0. The fourth-order valence-corrected chi connectivity index (χ4v) is 4.43. The number of hydrogen-bond acceptors (Lipinski definition) is 8. The quantitative estimate of drug-likeness (QED) is 0.353. The van der Waals surface area contributed by atoms with E-state index in [1.807, 2.05) is 90.5 Å². The highest BCUT2D eigenvalue weighted by molar-refractivity contribution is 8.00. The number of nitrogens with one attached hydrogen (secondary N) is 1. The molecule has 1 atom stereocenters. The van der Waals surface area contributed by atoms with Gasteiger partial charge in [0.25, 0.3) is 0 Å². The molecular formula is C23H24N6O2S2. The van der Waals surface area contributed by atoms with Crippen LogP contribution in [0, 0.1) is 0 Å². The van der Waals surface area contributed by atoms with Crippen molar-refractivity contribution in [1.82, 2.24) is 19.7 Å². The molecule has 170 valence electrons. The molecule has 0 saturated carbocycles. The molecule has 4 aromatic rings. The summed E-state index contributed by atoms with van der Waals surface area (Å²) in [5.74, 6) is 1.25. The third kappa shape index (κ3) is 5.71. The Morgan fingerprint density at radius 3 is 2.73 bits per heavy atom. The van der Waals surface area contributed by atoms with E-state index >= 15 is 0 Å². The molecule has 0 spiro atoms. The molecule has 2 aromatic heterocycles. The Hall–Kier alpha value is -3.37. The van der Waals surface area contributed by atoms with Crippen LogP contribution in [0.25, 0.3) is 5.69 Å². The number of para-hydroxylation sites is 1. The number of hydrogen-bond donors (Lipinski definition) is 1. The summed E-state index contributed by atoms with van der Waals surface area (Å²) in [6, 6.07) is 17.7. The number of amides is 1. The summed E-state index contributed by atoms with van der Waals surface area (Å²) < 4.78 is 7.96. The van der Waals surface area contributed by atoms with E-state index in [4.69, 9.17) is 4.74 Å². The number of aromatic nitrogens is 4. The van der Waals surface area contributed by atoms with Gasteiger partial charge in [-0.1, -0.05) is 36.0 Å². The Morgan fingerprint density at radius 1 is 1.18 bits per heavy atom. The van der Waals surface area contributed by atoms with Gasteiger partial charge in [-0.15, -0.1) is 21.5 Å². The van der Waals surface area contributed by atoms with Gasteiger partial charge in [0.05, 0.1) is 5.25 Å². The molecule has 0 aliphatic rings. The summed E-state index contributed by atoms with van der Waals surface area (Å²) in [7, 11) is 3.97. The second-order valence-corrected chi connectivity index (χ2v) is 9.54. The van der Waals surface area contributed by atoms with Gasteiger partial charge in [0.15, 0.2) is 16.1 Å². The molecular weight excluding hydrogens is 456 g/mol. The minimum absolute atomic E-state index is 0.143. The van der Waals surface area contributed by atoms with Crippen molar-refractivity contribution in [3.8, 4) is 11.4 Å². The van der Waals surface area contributed by atoms with Crippen LogP contribution in [0.15, 0.2) is 71.3 Å². The normalized spacial score (nSPS) is 11.7. The Morgan fingerprint density at radius 2 is 2.00 bits per heavy atom. The van der Waals surface area contributed by atoms with E-state index in [0.29, 0.717) is 16.1 Å². The molecule has 1 N–H and O–H groups in total. The fourth-order valence-electron chi connectivity index (χ4n) is 3.01.